The summed E-state index contributed by atoms with van der Waals surface area (Å²) in [5.74, 6) is -0.287. The van der Waals surface area contributed by atoms with Crippen molar-refractivity contribution in [1.29, 1.82) is 0 Å². The van der Waals surface area contributed by atoms with E-state index in [1.54, 1.807) is 0 Å². The van der Waals surface area contributed by atoms with Gasteiger partial charge < -0.3 is 21.1 Å². The standard InChI is InChI=1S/C15H22N4O6S.ClH/c1-26(23,24)11-2-3-12(13(10-11)19(21)22)17-6-7-18-14(20)15(16)4-8-25-9-5-15;/h2-3,10,17H,4-9,16H2,1H3,(H,18,20);1H. The molecule has 10 nitrogen and oxygen atoms in total. The Bertz CT molecular complexity index is 795. The van der Waals surface area contributed by atoms with Crippen LogP contribution in [-0.4, -0.2) is 57.3 Å². The van der Waals surface area contributed by atoms with Crippen molar-refractivity contribution in [3.05, 3.63) is 28.3 Å². The fourth-order valence-corrected chi connectivity index (χ4v) is 3.20. The highest BCUT2D eigenvalue weighted by Crippen LogP contribution is 2.27. The molecule has 1 amide bonds. The van der Waals surface area contributed by atoms with Crippen LogP contribution in [-0.2, 0) is 19.4 Å². The van der Waals surface area contributed by atoms with Gasteiger partial charge in [0.25, 0.3) is 5.69 Å². The van der Waals surface area contributed by atoms with Gasteiger partial charge in [0.1, 0.15) is 5.69 Å². The molecule has 1 aliphatic rings. The zero-order valence-corrected chi connectivity index (χ0v) is 16.4. The summed E-state index contributed by atoms with van der Waals surface area (Å²) in [6.07, 6.45) is 1.85. The van der Waals surface area contributed by atoms with E-state index in [2.05, 4.69) is 10.6 Å². The van der Waals surface area contributed by atoms with Crippen LogP contribution >= 0.6 is 12.4 Å². The Hall–Kier alpha value is -1.95. The van der Waals surface area contributed by atoms with Crippen LogP contribution < -0.4 is 16.4 Å². The molecule has 1 aromatic carbocycles. The van der Waals surface area contributed by atoms with Gasteiger partial charge in [-0.05, 0) is 25.0 Å². The maximum Gasteiger partial charge on any atom is 0.293 e. The highest BCUT2D eigenvalue weighted by molar-refractivity contribution is 7.90. The van der Waals surface area contributed by atoms with Gasteiger partial charge in [0.15, 0.2) is 9.84 Å². The van der Waals surface area contributed by atoms with Gasteiger partial charge in [0.2, 0.25) is 5.91 Å². The molecule has 2 rings (SSSR count). The molecule has 4 N–H and O–H groups in total. The van der Waals surface area contributed by atoms with Gasteiger partial charge in [-0.3, -0.25) is 14.9 Å². The number of carbonyl (C=O) groups is 1. The number of carbonyl (C=O) groups excluding carboxylic acids is 1. The lowest BCUT2D eigenvalue weighted by Crippen LogP contribution is -2.57. The third-order valence-electron chi connectivity index (χ3n) is 4.16. The molecular weight excluding hydrogens is 400 g/mol. The van der Waals surface area contributed by atoms with Crippen LogP contribution in [0.25, 0.3) is 0 Å². The molecule has 0 saturated carbocycles. The molecule has 0 atom stereocenters. The van der Waals surface area contributed by atoms with Gasteiger partial charge in [0.05, 0.1) is 15.4 Å². The number of hydrogen-bond donors (Lipinski definition) is 3. The van der Waals surface area contributed by atoms with Crippen molar-refractivity contribution in [2.75, 3.05) is 37.9 Å². The summed E-state index contributed by atoms with van der Waals surface area (Å²) in [5.41, 5.74) is 4.92. The number of nitro groups is 1. The first kappa shape index (κ1) is 23.1. The number of benzene rings is 1. The van der Waals surface area contributed by atoms with Crippen molar-refractivity contribution < 1.29 is 22.9 Å². The van der Waals surface area contributed by atoms with Crippen LogP contribution in [0.4, 0.5) is 11.4 Å². The van der Waals surface area contributed by atoms with E-state index >= 15 is 0 Å². The van der Waals surface area contributed by atoms with E-state index in [0.29, 0.717) is 26.1 Å². The van der Waals surface area contributed by atoms with Crippen LogP contribution in [0.15, 0.2) is 23.1 Å². The summed E-state index contributed by atoms with van der Waals surface area (Å²) in [6, 6.07) is 3.63. The number of nitrogens with zero attached hydrogens (tertiary/aromatic N) is 1. The highest BCUT2D eigenvalue weighted by Gasteiger charge is 2.35. The number of nitrogens with one attached hydrogen (secondary N) is 2. The number of anilines is 1. The Kier molecular flexibility index (Phi) is 7.96. The van der Waals surface area contributed by atoms with Crippen LogP contribution in [0.2, 0.25) is 0 Å². The molecule has 1 aliphatic heterocycles. The van der Waals surface area contributed by atoms with E-state index in [1.165, 1.54) is 12.1 Å². The fraction of sp³-hybridized carbons (Fsp3) is 0.533. The van der Waals surface area contributed by atoms with Gasteiger partial charge >= 0.3 is 0 Å². The first-order valence-corrected chi connectivity index (χ1v) is 9.90. The normalized spacial score (nSPS) is 16.1. The minimum atomic E-state index is -3.54. The summed E-state index contributed by atoms with van der Waals surface area (Å²) >= 11 is 0. The second kappa shape index (κ2) is 9.31. The molecule has 1 saturated heterocycles. The highest BCUT2D eigenvalue weighted by atomic mass is 35.5. The van der Waals surface area contributed by atoms with E-state index in [1.807, 2.05) is 0 Å². The second-order valence-electron chi connectivity index (χ2n) is 6.16. The predicted octanol–water partition coefficient (Wildman–Crippen LogP) is 0.456. The molecule has 1 heterocycles. The maximum absolute atomic E-state index is 12.2. The molecule has 0 aliphatic carbocycles. The molecule has 12 heteroatoms. The Balaban J connectivity index is 0.00000364. The second-order valence-corrected chi connectivity index (χ2v) is 8.18. The fourth-order valence-electron chi connectivity index (χ4n) is 2.55. The summed E-state index contributed by atoms with van der Waals surface area (Å²) in [4.78, 5) is 22.5. The molecular formula is C15H23ClN4O6S. The number of amides is 1. The van der Waals surface area contributed by atoms with Crippen molar-refractivity contribution >= 4 is 39.5 Å². The number of nitro benzene ring substituents is 1. The number of nitrogens with two attached hydrogens (primary N) is 1. The quantitative estimate of drug-likeness (QED) is 0.325. The summed E-state index contributed by atoms with van der Waals surface area (Å²) in [5, 5.41) is 16.7. The average molecular weight is 423 g/mol. The minimum absolute atomic E-state index is 0. The number of sulfone groups is 1. The molecule has 0 radical (unpaired) electrons. The summed E-state index contributed by atoms with van der Waals surface area (Å²) < 4.78 is 28.2. The molecule has 0 aromatic heterocycles. The lowest BCUT2D eigenvalue weighted by Gasteiger charge is -2.31. The van der Waals surface area contributed by atoms with Gasteiger partial charge in [-0.25, -0.2) is 8.42 Å². The van der Waals surface area contributed by atoms with Gasteiger partial charge in [-0.15, -0.1) is 12.4 Å². The van der Waals surface area contributed by atoms with Crippen molar-refractivity contribution in [1.82, 2.24) is 5.32 Å². The molecule has 0 unspecified atom stereocenters. The van der Waals surface area contributed by atoms with Crippen LogP contribution in [0, 0.1) is 10.1 Å². The van der Waals surface area contributed by atoms with E-state index in [0.717, 1.165) is 12.3 Å². The van der Waals surface area contributed by atoms with Crippen LogP contribution in [0.3, 0.4) is 0 Å². The molecule has 1 fully saturated rings. The maximum atomic E-state index is 12.2. The predicted molar refractivity (Wildman–Crippen MR) is 102 cm³/mol. The molecule has 0 bridgehead atoms. The van der Waals surface area contributed by atoms with Crippen LogP contribution in [0.1, 0.15) is 12.8 Å². The molecule has 152 valence electrons. The first-order valence-electron chi connectivity index (χ1n) is 8.01. The third kappa shape index (κ3) is 6.03. The van der Waals surface area contributed by atoms with Gasteiger partial charge in [-0.2, -0.15) is 0 Å². The average Bonchev–Trinajstić information content (AvgIpc) is 2.58. The van der Waals surface area contributed by atoms with E-state index < -0.39 is 20.3 Å². The number of halogens is 1. The van der Waals surface area contributed by atoms with Gasteiger partial charge in [0, 0.05) is 38.6 Å². The number of hydrogen-bond acceptors (Lipinski definition) is 8. The van der Waals surface area contributed by atoms with Gasteiger partial charge in [-0.1, -0.05) is 0 Å². The van der Waals surface area contributed by atoms with Crippen molar-refractivity contribution in [3.8, 4) is 0 Å². The Morgan fingerprint density at radius 1 is 1.33 bits per heavy atom. The molecule has 27 heavy (non-hydrogen) atoms. The lowest BCUT2D eigenvalue weighted by atomic mass is 9.90. The summed E-state index contributed by atoms with van der Waals surface area (Å²) in [7, 11) is -3.54. The SMILES string of the molecule is CS(=O)(=O)c1ccc(NCCNC(=O)C2(N)CCOCC2)c([N+](=O)[O-])c1.Cl. The minimum Gasteiger partial charge on any atom is -0.381 e. The van der Waals surface area contributed by atoms with Crippen LogP contribution in [0.5, 0.6) is 0 Å². The zero-order valence-electron chi connectivity index (χ0n) is 14.8. The monoisotopic (exact) mass is 422 g/mol. The Labute approximate surface area is 163 Å². The van der Waals surface area contributed by atoms with E-state index in [4.69, 9.17) is 10.5 Å². The smallest absolute Gasteiger partial charge is 0.293 e. The molecule has 0 spiro atoms. The first-order chi connectivity index (χ1) is 12.1. The zero-order chi connectivity index (χ0) is 19.4. The lowest BCUT2D eigenvalue weighted by molar-refractivity contribution is -0.384. The van der Waals surface area contributed by atoms with Crippen molar-refractivity contribution in [3.63, 3.8) is 0 Å². The van der Waals surface area contributed by atoms with Crippen molar-refractivity contribution in [2.24, 2.45) is 5.73 Å². The number of ether oxygens (including phenoxy) is 1. The van der Waals surface area contributed by atoms with E-state index in [9.17, 15) is 23.3 Å². The Morgan fingerprint density at radius 3 is 2.52 bits per heavy atom. The topological polar surface area (TPSA) is 154 Å². The van der Waals surface area contributed by atoms with Crippen molar-refractivity contribution in [2.45, 2.75) is 23.3 Å². The molecule has 1 aromatic rings. The Morgan fingerprint density at radius 2 is 1.96 bits per heavy atom. The van der Waals surface area contributed by atoms with E-state index in [-0.39, 0.29) is 47.7 Å². The third-order valence-corrected chi connectivity index (χ3v) is 5.27. The largest absolute Gasteiger partial charge is 0.381 e. The number of rotatable bonds is 7. The summed E-state index contributed by atoms with van der Waals surface area (Å²) in [6.45, 7) is 1.29.